The maximum atomic E-state index is 13.3. The van der Waals surface area contributed by atoms with Crippen molar-refractivity contribution >= 4 is 21.6 Å². The summed E-state index contributed by atoms with van der Waals surface area (Å²) in [6, 6.07) is 8.94. The van der Waals surface area contributed by atoms with Gasteiger partial charge in [-0.15, -0.1) is 0 Å². The van der Waals surface area contributed by atoms with Crippen molar-refractivity contribution in [3.8, 4) is 5.75 Å². The summed E-state index contributed by atoms with van der Waals surface area (Å²) >= 11 is 0. The molecule has 2 N–H and O–H groups in total. The van der Waals surface area contributed by atoms with Gasteiger partial charge in [-0.2, -0.15) is 0 Å². The average Bonchev–Trinajstić information content (AvgIpc) is 3.51. The van der Waals surface area contributed by atoms with Crippen molar-refractivity contribution in [1.29, 1.82) is 0 Å². The molecule has 7 heteroatoms. The monoisotopic (exact) mass is 414 g/mol. The lowest BCUT2D eigenvalue weighted by Crippen LogP contribution is -2.40. The fourth-order valence-electron chi connectivity index (χ4n) is 4.28. The van der Waals surface area contributed by atoms with Crippen LogP contribution in [0, 0.1) is 13.8 Å². The molecule has 1 heterocycles. The van der Waals surface area contributed by atoms with Gasteiger partial charge in [0.1, 0.15) is 5.75 Å². The van der Waals surface area contributed by atoms with Crippen LogP contribution in [0.4, 0.5) is 5.69 Å². The SMILES string of the molecule is COc1ccc(C)c(C)c1C1(C(=O)NS(=O)(=O)c2cccc3c2CCCN3)CC1. The van der Waals surface area contributed by atoms with Crippen LogP contribution in [-0.2, 0) is 26.7 Å². The Kier molecular flexibility index (Phi) is 4.81. The number of ether oxygens (including phenoxy) is 1. The fourth-order valence-corrected chi connectivity index (χ4v) is 5.62. The summed E-state index contributed by atoms with van der Waals surface area (Å²) in [7, 11) is -2.40. The number of aryl methyl sites for hydroxylation is 1. The second-order valence-electron chi connectivity index (χ2n) is 7.91. The van der Waals surface area contributed by atoms with Crippen molar-refractivity contribution in [2.24, 2.45) is 0 Å². The van der Waals surface area contributed by atoms with Crippen molar-refractivity contribution in [2.45, 2.75) is 49.8 Å². The lowest BCUT2D eigenvalue weighted by Gasteiger charge is -2.24. The minimum atomic E-state index is -3.98. The van der Waals surface area contributed by atoms with E-state index in [-0.39, 0.29) is 4.90 Å². The number of sulfonamides is 1. The standard InChI is InChI=1S/C22H26N2O4S/c1-14-9-10-18(28-3)20(15(14)2)22(11-12-22)21(25)24-29(26,27)19-8-4-7-17-16(19)6-5-13-23-17/h4,7-10,23H,5-6,11-13H2,1-3H3,(H,24,25). The third kappa shape index (κ3) is 3.27. The molecule has 1 aliphatic carbocycles. The molecule has 1 saturated carbocycles. The summed E-state index contributed by atoms with van der Waals surface area (Å²) in [5.41, 5.74) is 3.52. The smallest absolute Gasteiger partial charge is 0.264 e. The number of amides is 1. The molecule has 2 aromatic rings. The van der Waals surface area contributed by atoms with Gasteiger partial charge in [0.25, 0.3) is 10.0 Å². The Bertz CT molecular complexity index is 1090. The number of benzene rings is 2. The van der Waals surface area contributed by atoms with Crippen LogP contribution in [-0.4, -0.2) is 28.0 Å². The minimum Gasteiger partial charge on any atom is -0.496 e. The highest BCUT2D eigenvalue weighted by atomic mass is 32.2. The van der Waals surface area contributed by atoms with Crippen LogP contribution in [0.25, 0.3) is 0 Å². The van der Waals surface area contributed by atoms with Crippen molar-refractivity contribution in [1.82, 2.24) is 4.72 Å². The first kappa shape index (κ1) is 19.8. The van der Waals surface area contributed by atoms with Crippen molar-refractivity contribution < 1.29 is 17.9 Å². The summed E-state index contributed by atoms with van der Waals surface area (Å²) in [5.74, 6) is 0.144. The van der Waals surface area contributed by atoms with E-state index in [1.54, 1.807) is 19.2 Å². The molecule has 0 bridgehead atoms. The molecule has 0 aromatic heterocycles. The Labute approximate surface area is 171 Å². The lowest BCUT2D eigenvalue weighted by atomic mass is 9.88. The van der Waals surface area contributed by atoms with E-state index in [4.69, 9.17) is 4.74 Å². The van der Waals surface area contributed by atoms with E-state index >= 15 is 0 Å². The number of rotatable bonds is 5. The summed E-state index contributed by atoms with van der Waals surface area (Å²) in [5, 5.41) is 3.23. The predicted molar refractivity (Wildman–Crippen MR) is 112 cm³/mol. The summed E-state index contributed by atoms with van der Waals surface area (Å²) in [6.45, 7) is 4.75. The molecule has 1 aliphatic heterocycles. The maximum Gasteiger partial charge on any atom is 0.264 e. The zero-order chi connectivity index (χ0) is 20.8. The lowest BCUT2D eigenvalue weighted by molar-refractivity contribution is -0.121. The maximum absolute atomic E-state index is 13.3. The number of hydrogen-bond acceptors (Lipinski definition) is 5. The third-order valence-corrected chi connectivity index (χ3v) is 7.56. The van der Waals surface area contributed by atoms with Gasteiger partial charge in [-0.05, 0) is 74.4 Å². The number of anilines is 1. The number of nitrogens with one attached hydrogen (secondary N) is 2. The Balaban J connectivity index is 1.70. The van der Waals surface area contributed by atoms with Crippen LogP contribution < -0.4 is 14.8 Å². The largest absolute Gasteiger partial charge is 0.496 e. The Morgan fingerprint density at radius 1 is 1.17 bits per heavy atom. The van der Waals surface area contributed by atoms with Gasteiger partial charge in [-0.3, -0.25) is 4.79 Å². The normalized spacial score (nSPS) is 17.1. The summed E-state index contributed by atoms with van der Waals surface area (Å²) in [6.07, 6.45) is 2.73. The highest BCUT2D eigenvalue weighted by Gasteiger charge is 2.55. The molecule has 6 nitrogen and oxygen atoms in total. The van der Waals surface area contributed by atoms with Gasteiger partial charge in [0.05, 0.1) is 17.4 Å². The number of hydrogen-bond donors (Lipinski definition) is 2. The molecule has 29 heavy (non-hydrogen) atoms. The van der Waals surface area contributed by atoms with E-state index in [2.05, 4.69) is 10.0 Å². The van der Waals surface area contributed by atoms with E-state index in [1.165, 1.54) is 0 Å². The zero-order valence-electron chi connectivity index (χ0n) is 17.0. The number of methoxy groups -OCH3 is 1. The van der Waals surface area contributed by atoms with Gasteiger partial charge in [0, 0.05) is 17.8 Å². The average molecular weight is 415 g/mol. The van der Waals surface area contributed by atoms with Gasteiger partial charge < -0.3 is 10.1 Å². The molecular weight excluding hydrogens is 388 g/mol. The Hall–Kier alpha value is -2.54. The second kappa shape index (κ2) is 7.06. The molecule has 2 aromatic carbocycles. The highest BCUT2D eigenvalue weighted by molar-refractivity contribution is 7.90. The topological polar surface area (TPSA) is 84.5 Å². The van der Waals surface area contributed by atoms with E-state index in [1.807, 2.05) is 32.0 Å². The first-order chi connectivity index (χ1) is 13.8. The molecule has 0 unspecified atom stereocenters. The molecule has 0 spiro atoms. The molecule has 2 aliphatic rings. The predicted octanol–water partition coefficient (Wildman–Crippen LogP) is 3.21. The second-order valence-corrected chi connectivity index (χ2v) is 9.56. The van der Waals surface area contributed by atoms with E-state index in [9.17, 15) is 13.2 Å². The highest BCUT2D eigenvalue weighted by Crippen LogP contribution is 2.53. The van der Waals surface area contributed by atoms with Gasteiger partial charge in [0.2, 0.25) is 5.91 Å². The number of carbonyl (C=O) groups excluding carboxylic acids is 1. The number of carbonyl (C=O) groups is 1. The molecular formula is C22H26N2O4S. The van der Waals surface area contributed by atoms with Crippen LogP contribution in [0.3, 0.4) is 0 Å². The molecule has 0 radical (unpaired) electrons. The molecule has 1 amide bonds. The Morgan fingerprint density at radius 2 is 1.93 bits per heavy atom. The van der Waals surface area contributed by atoms with Crippen LogP contribution in [0.15, 0.2) is 35.2 Å². The van der Waals surface area contributed by atoms with Crippen LogP contribution in [0.2, 0.25) is 0 Å². The van der Waals surface area contributed by atoms with Gasteiger partial charge in [-0.1, -0.05) is 12.1 Å². The zero-order valence-corrected chi connectivity index (χ0v) is 17.8. The fraction of sp³-hybridized carbons (Fsp3) is 0.409. The van der Waals surface area contributed by atoms with Gasteiger partial charge in [0.15, 0.2) is 0 Å². The summed E-state index contributed by atoms with van der Waals surface area (Å²) < 4.78 is 34.2. The quantitative estimate of drug-likeness (QED) is 0.785. The molecule has 1 fully saturated rings. The first-order valence-electron chi connectivity index (χ1n) is 9.88. The van der Waals surface area contributed by atoms with E-state index in [0.717, 1.165) is 40.9 Å². The third-order valence-electron chi connectivity index (χ3n) is 6.15. The van der Waals surface area contributed by atoms with Gasteiger partial charge in [-0.25, -0.2) is 13.1 Å². The van der Waals surface area contributed by atoms with Crippen LogP contribution in [0.5, 0.6) is 5.75 Å². The van der Waals surface area contributed by atoms with Crippen LogP contribution in [0.1, 0.15) is 41.5 Å². The molecule has 0 saturated heterocycles. The molecule has 4 rings (SSSR count). The first-order valence-corrected chi connectivity index (χ1v) is 11.4. The van der Waals surface area contributed by atoms with Crippen molar-refractivity contribution in [2.75, 3.05) is 19.0 Å². The molecule has 0 atom stereocenters. The number of fused-ring (bicyclic) bond motifs is 1. The minimum absolute atomic E-state index is 0.180. The van der Waals surface area contributed by atoms with Crippen LogP contribution >= 0.6 is 0 Å². The van der Waals surface area contributed by atoms with Gasteiger partial charge >= 0.3 is 0 Å². The Morgan fingerprint density at radius 3 is 2.62 bits per heavy atom. The van der Waals surface area contributed by atoms with Crippen molar-refractivity contribution in [3.05, 3.63) is 52.6 Å². The van der Waals surface area contributed by atoms with E-state index in [0.29, 0.717) is 25.0 Å². The van der Waals surface area contributed by atoms with Crippen molar-refractivity contribution in [3.63, 3.8) is 0 Å². The summed E-state index contributed by atoms with van der Waals surface area (Å²) in [4.78, 5) is 13.4. The molecule has 154 valence electrons. The van der Waals surface area contributed by atoms with E-state index < -0.39 is 21.3 Å².